The molecule has 1 saturated heterocycles. The van der Waals surface area contributed by atoms with E-state index in [1.54, 1.807) is 11.6 Å². The number of piperidine rings is 1. The Balaban J connectivity index is 1.56. The van der Waals surface area contributed by atoms with Crippen LogP contribution in [0.25, 0.3) is 11.0 Å². The maximum absolute atomic E-state index is 12.7. The van der Waals surface area contributed by atoms with Crippen molar-refractivity contribution < 1.29 is 14.3 Å². The van der Waals surface area contributed by atoms with Crippen molar-refractivity contribution >= 4 is 22.8 Å². The summed E-state index contributed by atoms with van der Waals surface area (Å²) in [6, 6.07) is 5.22. The number of hydrogen-bond acceptors (Lipinski definition) is 4. The van der Waals surface area contributed by atoms with Crippen LogP contribution in [0, 0.1) is 5.92 Å². The van der Waals surface area contributed by atoms with Crippen LogP contribution in [0.2, 0.25) is 0 Å². The molecule has 144 valence electrons. The van der Waals surface area contributed by atoms with Crippen LogP contribution >= 0.6 is 0 Å². The highest BCUT2D eigenvalue weighted by atomic mass is 16.5. The Kier molecular flexibility index (Phi) is 4.63. The van der Waals surface area contributed by atoms with Gasteiger partial charge >= 0.3 is 5.69 Å². The van der Waals surface area contributed by atoms with E-state index in [4.69, 9.17) is 4.74 Å². The minimum Gasteiger partial charge on any atom is -0.378 e. The highest BCUT2D eigenvalue weighted by Crippen LogP contribution is 2.29. The first-order valence-corrected chi connectivity index (χ1v) is 9.59. The highest BCUT2D eigenvalue weighted by molar-refractivity contribution is 6.00. The standard InChI is InChI=1S/C20H25N3O4/c1-12-9-14(10-12)27-8-7-13-3-4-15-17(11-13)22(2)20(26)23(15)16-5-6-18(24)21-19(16)25/h3-4,11-12,14,16H,5-10H2,1-2H3,(H,21,24,25). The minimum absolute atomic E-state index is 0.239. The molecule has 2 amide bonds. The van der Waals surface area contributed by atoms with E-state index in [0.717, 1.165) is 41.8 Å². The number of rotatable bonds is 5. The van der Waals surface area contributed by atoms with Crippen LogP contribution in [0.1, 0.15) is 44.2 Å². The number of imidazole rings is 1. The Bertz CT molecular complexity index is 952. The van der Waals surface area contributed by atoms with Crippen LogP contribution in [0.3, 0.4) is 0 Å². The van der Waals surface area contributed by atoms with Gasteiger partial charge in [0.1, 0.15) is 6.04 Å². The second kappa shape index (κ2) is 6.96. The van der Waals surface area contributed by atoms with E-state index in [0.29, 0.717) is 19.1 Å². The molecule has 0 spiro atoms. The number of aromatic nitrogens is 2. The van der Waals surface area contributed by atoms with E-state index in [1.807, 2.05) is 18.2 Å². The predicted octanol–water partition coefficient (Wildman–Crippen LogP) is 1.68. The molecule has 1 aliphatic carbocycles. The first-order chi connectivity index (χ1) is 12.9. The van der Waals surface area contributed by atoms with Crippen molar-refractivity contribution in [3.63, 3.8) is 0 Å². The van der Waals surface area contributed by atoms with Crippen molar-refractivity contribution in [1.82, 2.24) is 14.5 Å². The van der Waals surface area contributed by atoms with E-state index in [1.165, 1.54) is 4.57 Å². The summed E-state index contributed by atoms with van der Waals surface area (Å²) in [6.45, 7) is 2.91. The maximum Gasteiger partial charge on any atom is 0.329 e. The lowest BCUT2D eigenvalue weighted by Gasteiger charge is -2.32. The molecule has 1 aromatic carbocycles. The van der Waals surface area contributed by atoms with Gasteiger partial charge in [-0.05, 0) is 49.3 Å². The molecule has 0 radical (unpaired) electrons. The van der Waals surface area contributed by atoms with Crippen molar-refractivity contribution in [3.8, 4) is 0 Å². The lowest BCUT2D eigenvalue weighted by molar-refractivity contribution is -0.135. The predicted molar refractivity (Wildman–Crippen MR) is 100 cm³/mol. The second-order valence-electron chi connectivity index (χ2n) is 7.82. The Labute approximate surface area is 157 Å². The molecular formula is C20H25N3O4. The van der Waals surface area contributed by atoms with E-state index in [2.05, 4.69) is 12.2 Å². The van der Waals surface area contributed by atoms with Gasteiger partial charge in [-0.3, -0.25) is 24.0 Å². The van der Waals surface area contributed by atoms with Gasteiger partial charge in [0, 0.05) is 13.5 Å². The number of fused-ring (bicyclic) bond motifs is 1. The number of ether oxygens (including phenoxy) is 1. The van der Waals surface area contributed by atoms with E-state index >= 15 is 0 Å². The molecule has 4 rings (SSSR count). The Morgan fingerprint density at radius 2 is 1.96 bits per heavy atom. The van der Waals surface area contributed by atoms with Crippen LogP contribution in [0.5, 0.6) is 0 Å². The van der Waals surface area contributed by atoms with Crippen LogP contribution in [-0.4, -0.2) is 33.7 Å². The third-order valence-corrected chi connectivity index (χ3v) is 5.75. The van der Waals surface area contributed by atoms with Crippen molar-refractivity contribution in [1.29, 1.82) is 0 Å². The molecule has 1 aromatic heterocycles. The number of nitrogens with one attached hydrogen (secondary N) is 1. The summed E-state index contributed by atoms with van der Waals surface area (Å²) < 4.78 is 8.96. The SMILES string of the molecule is CC1CC(OCCc2ccc3c(c2)n(C)c(=O)n3C2CCC(=O)NC2=O)C1. The number of benzene rings is 1. The van der Waals surface area contributed by atoms with Gasteiger partial charge in [-0.15, -0.1) is 0 Å². The van der Waals surface area contributed by atoms with Crippen LogP contribution in [0.4, 0.5) is 0 Å². The van der Waals surface area contributed by atoms with Crippen molar-refractivity contribution in [3.05, 3.63) is 34.2 Å². The molecule has 0 bridgehead atoms. The first kappa shape index (κ1) is 18.0. The molecule has 7 nitrogen and oxygen atoms in total. The topological polar surface area (TPSA) is 82.3 Å². The number of imide groups is 1. The number of nitrogens with zero attached hydrogens (tertiary/aromatic N) is 2. The summed E-state index contributed by atoms with van der Waals surface area (Å²) >= 11 is 0. The number of hydrogen-bond donors (Lipinski definition) is 1. The molecule has 2 fully saturated rings. The number of amides is 2. The lowest BCUT2D eigenvalue weighted by atomic mass is 9.84. The van der Waals surface area contributed by atoms with E-state index in [9.17, 15) is 14.4 Å². The number of carbonyl (C=O) groups excluding carboxylic acids is 2. The molecule has 1 aliphatic heterocycles. The van der Waals surface area contributed by atoms with E-state index in [-0.39, 0.29) is 18.0 Å². The first-order valence-electron chi connectivity index (χ1n) is 9.59. The monoisotopic (exact) mass is 371 g/mol. The van der Waals surface area contributed by atoms with Gasteiger partial charge in [0.15, 0.2) is 0 Å². The molecule has 2 heterocycles. The van der Waals surface area contributed by atoms with Gasteiger partial charge in [-0.1, -0.05) is 13.0 Å². The molecule has 2 aliphatic rings. The molecule has 1 unspecified atom stereocenters. The van der Waals surface area contributed by atoms with Gasteiger partial charge in [0.2, 0.25) is 11.8 Å². The second-order valence-corrected chi connectivity index (χ2v) is 7.82. The van der Waals surface area contributed by atoms with E-state index < -0.39 is 11.9 Å². The van der Waals surface area contributed by atoms with Gasteiger partial charge < -0.3 is 4.74 Å². The molecule has 1 N–H and O–H groups in total. The maximum atomic E-state index is 12.7. The third-order valence-electron chi connectivity index (χ3n) is 5.75. The quantitative estimate of drug-likeness (QED) is 0.811. The van der Waals surface area contributed by atoms with Crippen molar-refractivity contribution in [2.45, 2.75) is 51.2 Å². The lowest BCUT2D eigenvalue weighted by Crippen LogP contribution is -2.44. The summed E-state index contributed by atoms with van der Waals surface area (Å²) in [4.78, 5) is 36.4. The van der Waals surface area contributed by atoms with Crippen LogP contribution in [-0.2, 0) is 27.8 Å². The van der Waals surface area contributed by atoms with Crippen LogP contribution < -0.4 is 11.0 Å². The van der Waals surface area contributed by atoms with Crippen molar-refractivity contribution in [2.24, 2.45) is 13.0 Å². The molecule has 1 saturated carbocycles. The third kappa shape index (κ3) is 3.32. The zero-order chi connectivity index (χ0) is 19.1. The zero-order valence-electron chi connectivity index (χ0n) is 15.7. The molecule has 7 heteroatoms. The zero-order valence-corrected chi connectivity index (χ0v) is 15.7. The Morgan fingerprint density at radius 1 is 1.19 bits per heavy atom. The van der Waals surface area contributed by atoms with Gasteiger partial charge in [0.05, 0.1) is 23.7 Å². The average Bonchev–Trinajstić information content (AvgIpc) is 2.85. The summed E-state index contributed by atoms with van der Waals surface area (Å²) in [5.74, 6) is 0.0775. The van der Waals surface area contributed by atoms with Crippen molar-refractivity contribution in [2.75, 3.05) is 6.61 Å². The fourth-order valence-electron chi connectivity index (χ4n) is 4.10. The number of carbonyl (C=O) groups is 2. The largest absolute Gasteiger partial charge is 0.378 e. The Hall–Kier alpha value is -2.41. The summed E-state index contributed by atoms with van der Waals surface area (Å²) in [7, 11) is 1.71. The molecule has 1 atom stereocenters. The van der Waals surface area contributed by atoms with Crippen LogP contribution in [0.15, 0.2) is 23.0 Å². The minimum atomic E-state index is -0.645. The van der Waals surface area contributed by atoms with Gasteiger partial charge in [-0.2, -0.15) is 0 Å². The fraction of sp³-hybridized carbons (Fsp3) is 0.550. The normalized spacial score (nSPS) is 25.5. The molecule has 27 heavy (non-hydrogen) atoms. The van der Waals surface area contributed by atoms with Gasteiger partial charge in [-0.25, -0.2) is 4.79 Å². The molecule has 2 aromatic rings. The summed E-state index contributed by atoms with van der Waals surface area (Å²) in [6.07, 6.45) is 4.05. The number of aryl methyl sites for hydroxylation is 1. The molecular weight excluding hydrogens is 346 g/mol. The smallest absolute Gasteiger partial charge is 0.329 e. The Morgan fingerprint density at radius 3 is 2.67 bits per heavy atom. The van der Waals surface area contributed by atoms with Gasteiger partial charge in [0.25, 0.3) is 0 Å². The average molecular weight is 371 g/mol. The summed E-state index contributed by atoms with van der Waals surface area (Å²) in [5.41, 5.74) is 2.37. The fourth-order valence-corrected chi connectivity index (χ4v) is 4.10. The summed E-state index contributed by atoms with van der Waals surface area (Å²) in [5, 5.41) is 2.33. The highest BCUT2D eigenvalue weighted by Gasteiger charge is 2.31.